The van der Waals surface area contributed by atoms with Crippen LogP contribution >= 0.6 is 35.0 Å². The average Bonchev–Trinajstić information content (AvgIpc) is 3.41. The van der Waals surface area contributed by atoms with Crippen LogP contribution in [0, 0.1) is 0 Å². The third kappa shape index (κ3) is 4.79. The molecule has 6 nitrogen and oxygen atoms in total. The third-order valence-electron chi connectivity index (χ3n) is 5.05. The van der Waals surface area contributed by atoms with E-state index in [1.165, 1.54) is 11.8 Å². The minimum Gasteiger partial charge on any atom is -0.496 e. The minimum atomic E-state index is -0.228. The number of hydrogen-bond acceptors (Lipinski definition) is 6. The fourth-order valence-corrected chi connectivity index (χ4v) is 4.64. The van der Waals surface area contributed by atoms with Crippen LogP contribution in [0.4, 0.5) is 11.4 Å². The molecule has 1 amide bonds. The predicted molar refractivity (Wildman–Crippen MR) is 128 cm³/mol. The van der Waals surface area contributed by atoms with Gasteiger partial charge in [-0.2, -0.15) is 0 Å². The second-order valence-corrected chi connectivity index (χ2v) is 8.89. The molecule has 0 radical (unpaired) electrons. The van der Waals surface area contributed by atoms with Crippen molar-refractivity contribution in [3.8, 4) is 11.5 Å². The first-order chi connectivity index (χ1) is 15.0. The number of rotatable bonds is 5. The van der Waals surface area contributed by atoms with Gasteiger partial charge in [-0.1, -0.05) is 23.2 Å². The molecule has 2 aromatic carbocycles. The summed E-state index contributed by atoms with van der Waals surface area (Å²) < 4.78 is 11.2. The third-order valence-corrected chi connectivity index (χ3v) is 6.70. The largest absolute Gasteiger partial charge is 0.496 e. The van der Waals surface area contributed by atoms with Crippen molar-refractivity contribution >= 4 is 63.5 Å². The van der Waals surface area contributed by atoms with E-state index in [-0.39, 0.29) is 5.91 Å². The summed E-state index contributed by atoms with van der Waals surface area (Å²) in [6.45, 7) is 1.99. The summed E-state index contributed by atoms with van der Waals surface area (Å²) in [5, 5.41) is 4.10. The zero-order valence-electron chi connectivity index (χ0n) is 17.1. The number of anilines is 1. The van der Waals surface area contributed by atoms with Gasteiger partial charge in [-0.25, -0.2) is 4.99 Å². The normalized spacial score (nSPS) is 18.7. The smallest absolute Gasteiger partial charge is 0.264 e. The van der Waals surface area contributed by atoms with Gasteiger partial charge in [-0.3, -0.25) is 4.79 Å². The number of nitrogens with zero attached hydrogens (tertiary/aromatic N) is 2. The molecule has 2 aliphatic heterocycles. The van der Waals surface area contributed by atoms with E-state index in [9.17, 15) is 4.79 Å². The van der Waals surface area contributed by atoms with E-state index in [0.717, 1.165) is 42.9 Å². The summed E-state index contributed by atoms with van der Waals surface area (Å²) in [6, 6.07) is 8.93. The molecule has 0 spiro atoms. The molecule has 0 bridgehead atoms. The van der Waals surface area contributed by atoms with Crippen LogP contribution in [-0.2, 0) is 4.79 Å². The van der Waals surface area contributed by atoms with Gasteiger partial charge in [0.15, 0.2) is 5.17 Å². The van der Waals surface area contributed by atoms with Crippen molar-refractivity contribution in [2.45, 2.75) is 12.8 Å². The average molecular weight is 478 g/mol. The quantitative estimate of drug-likeness (QED) is 0.575. The lowest BCUT2D eigenvalue weighted by molar-refractivity contribution is -0.115. The number of aliphatic imine (C=N–C) groups is 1. The van der Waals surface area contributed by atoms with Gasteiger partial charge in [0.25, 0.3) is 5.91 Å². The highest BCUT2D eigenvalue weighted by Gasteiger charge is 2.25. The monoisotopic (exact) mass is 477 g/mol. The number of amidine groups is 1. The maximum atomic E-state index is 12.5. The Morgan fingerprint density at radius 2 is 1.81 bits per heavy atom. The Kier molecular flexibility index (Phi) is 6.65. The Morgan fingerprint density at radius 3 is 2.48 bits per heavy atom. The zero-order chi connectivity index (χ0) is 22.0. The fourth-order valence-electron chi connectivity index (χ4n) is 3.52. The molecule has 1 N–H and O–H groups in total. The summed E-state index contributed by atoms with van der Waals surface area (Å²) in [5.41, 5.74) is 2.37. The molecule has 2 fully saturated rings. The first kappa shape index (κ1) is 21.9. The van der Waals surface area contributed by atoms with Crippen molar-refractivity contribution in [1.82, 2.24) is 5.32 Å². The number of benzene rings is 2. The first-order valence-corrected chi connectivity index (χ1v) is 11.3. The molecular formula is C22H21Cl2N3O3S. The molecule has 2 aromatic rings. The van der Waals surface area contributed by atoms with Crippen molar-refractivity contribution in [2.24, 2.45) is 4.99 Å². The standard InChI is InChI=1S/C22H21Cl2N3O3S/c1-29-18-12-17(27-7-3-4-8-27)19(30-2)9-13(18)10-20-21(28)26-22(31-20)25-14-5-6-15(23)16(24)11-14/h5-6,9-12H,3-4,7-8H2,1-2H3,(H,25,26,28)/b20-10-. The van der Waals surface area contributed by atoms with Crippen LogP contribution < -0.4 is 19.7 Å². The first-order valence-electron chi connectivity index (χ1n) is 9.74. The van der Waals surface area contributed by atoms with Crippen molar-refractivity contribution < 1.29 is 14.3 Å². The van der Waals surface area contributed by atoms with E-state index in [0.29, 0.717) is 31.6 Å². The van der Waals surface area contributed by atoms with Crippen LogP contribution in [0.2, 0.25) is 10.0 Å². The van der Waals surface area contributed by atoms with E-state index >= 15 is 0 Å². The van der Waals surface area contributed by atoms with Gasteiger partial charge in [0, 0.05) is 24.7 Å². The molecular weight excluding hydrogens is 457 g/mol. The Hall–Kier alpha value is -2.35. The summed E-state index contributed by atoms with van der Waals surface area (Å²) >= 11 is 13.2. The molecule has 2 heterocycles. The van der Waals surface area contributed by atoms with Crippen molar-refractivity contribution in [1.29, 1.82) is 0 Å². The van der Waals surface area contributed by atoms with Crippen LogP contribution in [-0.4, -0.2) is 38.4 Å². The van der Waals surface area contributed by atoms with Gasteiger partial charge in [0.1, 0.15) is 11.5 Å². The fraction of sp³-hybridized carbons (Fsp3) is 0.273. The number of amides is 1. The molecule has 0 saturated carbocycles. The highest BCUT2D eigenvalue weighted by molar-refractivity contribution is 8.18. The molecule has 0 atom stereocenters. The molecule has 31 heavy (non-hydrogen) atoms. The maximum absolute atomic E-state index is 12.5. The van der Waals surface area contributed by atoms with Crippen molar-refractivity contribution in [3.63, 3.8) is 0 Å². The maximum Gasteiger partial charge on any atom is 0.264 e. The highest BCUT2D eigenvalue weighted by Crippen LogP contribution is 2.39. The zero-order valence-corrected chi connectivity index (χ0v) is 19.4. The van der Waals surface area contributed by atoms with E-state index in [1.807, 2.05) is 12.1 Å². The Morgan fingerprint density at radius 1 is 1.06 bits per heavy atom. The number of carbonyl (C=O) groups excluding carboxylic acids is 1. The van der Waals surface area contributed by atoms with Gasteiger partial charge < -0.3 is 19.7 Å². The van der Waals surface area contributed by atoms with Crippen LogP contribution in [0.3, 0.4) is 0 Å². The number of thioether (sulfide) groups is 1. The van der Waals surface area contributed by atoms with Gasteiger partial charge in [-0.15, -0.1) is 0 Å². The van der Waals surface area contributed by atoms with Crippen LogP contribution in [0.5, 0.6) is 11.5 Å². The van der Waals surface area contributed by atoms with Crippen molar-refractivity contribution in [3.05, 3.63) is 50.8 Å². The molecule has 9 heteroatoms. The Labute approximate surface area is 195 Å². The van der Waals surface area contributed by atoms with E-state index in [2.05, 4.69) is 15.2 Å². The molecule has 162 valence electrons. The lowest BCUT2D eigenvalue weighted by Crippen LogP contribution is -2.19. The predicted octanol–water partition coefficient (Wildman–Crippen LogP) is 5.50. The molecule has 2 aliphatic rings. The van der Waals surface area contributed by atoms with Crippen molar-refractivity contribution in [2.75, 3.05) is 32.2 Å². The van der Waals surface area contributed by atoms with E-state index < -0.39 is 0 Å². The van der Waals surface area contributed by atoms with Gasteiger partial charge in [-0.05, 0) is 54.9 Å². The molecule has 0 aromatic heterocycles. The highest BCUT2D eigenvalue weighted by atomic mass is 35.5. The molecule has 2 saturated heterocycles. The van der Waals surface area contributed by atoms with Gasteiger partial charge >= 0.3 is 0 Å². The summed E-state index contributed by atoms with van der Waals surface area (Å²) in [4.78, 5) is 19.8. The topological polar surface area (TPSA) is 63.2 Å². The summed E-state index contributed by atoms with van der Waals surface area (Å²) in [7, 11) is 3.27. The Bertz CT molecular complexity index is 1080. The number of nitrogens with one attached hydrogen (secondary N) is 1. The second kappa shape index (κ2) is 9.42. The summed E-state index contributed by atoms with van der Waals surface area (Å²) in [6.07, 6.45) is 4.11. The van der Waals surface area contributed by atoms with E-state index in [4.69, 9.17) is 32.7 Å². The molecule has 4 rings (SSSR count). The van der Waals surface area contributed by atoms with Gasteiger partial charge in [0.05, 0.1) is 40.5 Å². The number of methoxy groups -OCH3 is 2. The lowest BCUT2D eigenvalue weighted by atomic mass is 10.1. The molecule has 0 aliphatic carbocycles. The number of carbonyl (C=O) groups is 1. The van der Waals surface area contributed by atoms with Gasteiger partial charge in [0.2, 0.25) is 0 Å². The number of ether oxygens (including phenoxy) is 2. The number of hydrogen-bond donors (Lipinski definition) is 1. The van der Waals surface area contributed by atoms with E-state index in [1.54, 1.807) is 38.5 Å². The van der Waals surface area contributed by atoms with Crippen LogP contribution in [0.25, 0.3) is 6.08 Å². The lowest BCUT2D eigenvalue weighted by Gasteiger charge is -2.22. The van der Waals surface area contributed by atoms with Crippen LogP contribution in [0.1, 0.15) is 18.4 Å². The minimum absolute atomic E-state index is 0.228. The van der Waals surface area contributed by atoms with Crippen LogP contribution in [0.15, 0.2) is 40.2 Å². The second-order valence-electron chi connectivity index (χ2n) is 7.04. The number of halogens is 2. The Balaban J connectivity index is 1.63. The SMILES string of the molecule is COc1cc(N2CCCC2)c(OC)cc1/C=C1\SC(=Nc2ccc(Cl)c(Cl)c2)NC1=O. The summed E-state index contributed by atoms with van der Waals surface area (Å²) in [5.74, 6) is 1.20. The molecule has 0 unspecified atom stereocenters.